The lowest BCUT2D eigenvalue weighted by Crippen LogP contribution is -2.25. The fourth-order valence-corrected chi connectivity index (χ4v) is 3.36. The summed E-state index contributed by atoms with van der Waals surface area (Å²) in [7, 11) is 0. The van der Waals surface area contributed by atoms with E-state index in [0.717, 1.165) is 17.5 Å². The van der Waals surface area contributed by atoms with Crippen LogP contribution < -0.4 is 10.1 Å². The molecule has 2 heterocycles. The van der Waals surface area contributed by atoms with Crippen molar-refractivity contribution in [2.45, 2.75) is 34.1 Å². The standard InChI is InChI=1S/C22H25FN4O2/c1-6-7-14(3)22(12-29-19-11-24-16(5)26-15(19)4)9-17(22)21(28)27-20-8-13(2)18(23)10-25-20/h6-8,10-11,17H,3,9,12H2,1-2,4-5H3,(H,25,27,28)/b7-6-/t17?,22-/m1/s1. The van der Waals surface area contributed by atoms with E-state index in [1.165, 1.54) is 6.07 Å². The zero-order valence-electron chi connectivity index (χ0n) is 17.1. The second kappa shape index (κ2) is 8.11. The monoisotopic (exact) mass is 396 g/mol. The van der Waals surface area contributed by atoms with Crippen LogP contribution in [0.25, 0.3) is 0 Å². The van der Waals surface area contributed by atoms with E-state index in [4.69, 9.17) is 4.74 Å². The number of nitrogens with zero attached hydrogens (tertiary/aromatic N) is 3. The molecule has 6 nitrogen and oxygen atoms in total. The van der Waals surface area contributed by atoms with Crippen molar-refractivity contribution in [2.75, 3.05) is 11.9 Å². The van der Waals surface area contributed by atoms with Crippen LogP contribution in [0.15, 0.2) is 42.8 Å². The van der Waals surface area contributed by atoms with Gasteiger partial charge in [0, 0.05) is 5.41 Å². The highest BCUT2D eigenvalue weighted by molar-refractivity contribution is 5.95. The van der Waals surface area contributed by atoms with Gasteiger partial charge in [-0.1, -0.05) is 18.7 Å². The lowest BCUT2D eigenvalue weighted by atomic mass is 9.94. The van der Waals surface area contributed by atoms with Crippen LogP contribution in [0.5, 0.6) is 5.75 Å². The van der Waals surface area contributed by atoms with E-state index in [9.17, 15) is 9.18 Å². The Bertz CT molecular complexity index is 989. The van der Waals surface area contributed by atoms with E-state index in [0.29, 0.717) is 29.4 Å². The highest BCUT2D eigenvalue weighted by atomic mass is 19.1. The van der Waals surface area contributed by atoms with E-state index >= 15 is 0 Å². The van der Waals surface area contributed by atoms with Crippen LogP contribution >= 0.6 is 0 Å². The SMILES string of the molecule is C=C(/C=C\C)[C@]1(COc2cnc(C)nc2C)CC1C(=O)Nc1cc(C)c(F)cn1. The van der Waals surface area contributed by atoms with Crippen molar-refractivity contribution in [1.82, 2.24) is 15.0 Å². The number of pyridine rings is 1. The number of hydrogen-bond acceptors (Lipinski definition) is 5. The molecule has 0 aromatic carbocycles. The number of aromatic nitrogens is 3. The summed E-state index contributed by atoms with van der Waals surface area (Å²) in [6.07, 6.45) is 7.14. The van der Waals surface area contributed by atoms with Gasteiger partial charge in [-0.05, 0) is 51.3 Å². The van der Waals surface area contributed by atoms with Gasteiger partial charge < -0.3 is 10.1 Å². The minimum absolute atomic E-state index is 0.186. The van der Waals surface area contributed by atoms with E-state index in [1.54, 1.807) is 13.1 Å². The van der Waals surface area contributed by atoms with Gasteiger partial charge in [-0.15, -0.1) is 0 Å². The zero-order valence-corrected chi connectivity index (χ0v) is 17.1. The molecule has 1 N–H and O–H groups in total. The number of carbonyl (C=O) groups is 1. The number of hydrogen-bond donors (Lipinski definition) is 1. The molecule has 1 aliphatic carbocycles. The second-order valence-electron chi connectivity index (χ2n) is 7.40. The number of amides is 1. The van der Waals surface area contributed by atoms with Crippen molar-refractivity contribution in [3.05, 3.63) is 65.7 Å². The number of aryl methyl sites for hydroxylation is 3. The Kier molecular flexibility index (Phi) is 5.77. The topological polar surface area (TPSA) is 77.0 Å². The number of rotatable bonds is 7. The molecule has 29 heavy (non-hydrogen) atoms. The van der Waals surface area contributed by atoms with Gasteiger partial charge in [-0.25, -0.2) is 19.3 Å². The Hall–Kier alpha value is -3.09. The molecule has 3 rings (SSSR count). The van der Waals surface area contributed by atoms with Crippen LogP contribution in [0.1, 0.15) is 30.4 Å². The first-order valence-electron chi connectivity index (χ1n) is 9.45. The summed E-state index contributed by atoms with van der Waals surface area (Å²) in [6.45, 7) is 11.6. The van der Waals surface area contributed by atoms with E-state index in [1.807, 2.05) is 32.9 Å². The normalized spacial score (nSPS) is 20.5. The molecule has 1 amide bonds. The van der Waals surface area contributed by atoms with Gasteiger partial charge in [-0.2, -0.15) is 0 Å². The van der Waals surface area contributed by atoms with Crippen LogP contribution in [0.4, 0.5) is 10.2 Å². The zero-order chi connectivity index (χ0) is 21.2. The van der Waals surface area contributed by atoms with Crippen molar-refractivity contribution >= 4 is 11.7 Å². The van der Waals surface area contributed by atoms with Gasteiger partial charge in [0.05, 0.1) is 30.6 Å². The summed E-state index contributed by atoms with van der Waals surface area (Å²) in [4.78, 5) is 25.3. The Morgan fingerprint density at radius 1 is 1.38 bits per heavy atom. The molecule has 1 fully saturated rings. The summed E-state index contributed by atoms with van der Waals surface area (Å²) in [5.74, 6) is 0.683. The first-order chi connectivity index (χ1) is 13.8. The molecule has 1 unspecified atom stereocenters. The number of carbonyl (C=O) groups excluding carboxylic acids is 1. The second-order valence-corrected chi connectivity index (χ2v) is 7.40. The third-order valence-corrected chi connectivity index (χ3v) is 5.24. The summed E-state index contributed by atoms with van der Waals surface area (Å²) in [5.41, 5.74) is 1.49. The summed E-state index contributed by atoms with van der Waals surface area (Å²) < 4.78 is 19.4. The molecular weight excluding hydrogens is 371 g/mol. The molecule has 1 saturated carbocycles. The predicted octanol–water partition coefficient (Wildman–Crippen LogP) is 4.09. The minimum Gasteiger partial charge on any atom is -0.489 e. The van der Waals surface area contributed by atoms with Gasteiger partial charge in [0.2, 0.25) is 5.91 Å². The maximum absolute atomic E-state index is 13.4. The number of anilines is 1. The number of ether oxygens (including phenoxy) is 1. The van der Waals surface area contributed by atoms with Crippen LogP contribution in [0, 0.1) is 37.9 Å². The van der Waals surface area contributed by atoms with Gasteiger partial charge in [0.1, 0.15) is 17.5 Å². The first kappa shape index (κ1) is 20.6. The Morgan fingerprint density at radius 3 is 2.79 bits per heavy atom. The number of nitrogens with one attached hydrogen (secondary N) is 1. The van der Waals surface area contributed by atoms with Crippen molar-refractivity contribution in [3.8, 4) is 5.75 Å². The van der Waals surface area contributed by atoms with E-state index in [-0.39, 0.29) is 18.4 Å². The van der Waals surface area contributed by atoms with Gasteiger partial charge in [0.15, 0.2) is 5.75 Å². The first-order valence-corrected chi connectivity index (χ1v) is 9.45. The average molecular weight is 396 g/mol. The summed E-state index contributed by atoms with van der Waals surface area (Å²) in [6, 6.07) is 1.52. The molecule has 1 aliphatic rings. The van der Waals surface area contributed by atoms with Crippen molar-refractivity contribution in [3.63, 3.8) is 0 Å². The molecular formula is C22H25FN4O2. The highest BCUT2D eigenvalue weighted by Crippen LogP contribution is 2.58. The van der Waals surface area contributed by atoms with Gasteiger partial charge in [-0.3, -0.25) is 4.79 Å². The quantitative estimate of drug-likeness (QED) is 0.713. The fourth-order valence-electron chi connectivity index (χ4n) is 3.36. The molecule has 7 heteroatoms. The highest BCUT2D eigenvalue weighted by Gasteiger charge is 2.60. The van der Waals surface area contributed by atoms with Crippen molar-refractivity contribution in [2.24, 2.45) is 11.3 Å². The van der Waals surface area contributed by atoms with Gasteiger partial charge >= 0.3 is 0 Å². The lowest BCUT2D eigenvalue weighted by Gasteiger charge is -2.19. The Balaban J connectivity index is 1.75. The minimum atomic E-state index is -0.511. The Morgan fingerprint density at radius 2 is 2.14 bits per heavy atom. The summed E-state index contributed by atoms with van der Waals surface area (Å²) >= 11 is 0. The average Bonchev–Trinajstić information content (AvgIpc) is 3.40. The van der Waals surface area contributed by atoms with Crippen LogP contribution in [0.2, 0.25) is 0 Å². The van der Waals surface area contributed by atoms with Crippen LogP contribution in [0.3, 0.4) is 0 Å². The molecule has 0 bridgehead atoms. The van der Waals surface area contributed by atoms with E-state index in [2.05, 4.69) is 26.8 Å². The molecule has 0 aliphatic heterocycles. The lowest BCUT2D eigenvalue weighted by molar-refractivity contribution is -0.118. The van der Waals surface area contributed by atoms with Crippen molar-refractivity contribution in [1.29, 1.82) is 0 Å². The largest absolute Gasteiger partial charge is 0.489 e. The smallest absolute Gasteiger partial charge is 0.229 e. The molecule has 0 spiro atoms. The van der Waals surface area contributed by atoms with Gasteiger partial charge in [0.25, 0.3) is 0 Å². The predicted molar refractivity (Wildman–Crippen MR) is 109 cm³/mol. The molecule has 0 saturated heterocycles. The molecule has 0 radical (unpaired) electrons. The maximum Gasteiger partial charge on any atom is 0.229 e. The van der Waals surface area contributed by atoms with E-state index < -0.39 is 11.2 Å². The molecule has 2 aromatic heterocycles. The Labute approximate surface area is 169 Å². The molecule has 152 valence electrons. The molecule has 2 atom stereocenters. The number of allylic oxidation sites excluding steroid dienone is 2. The van der Waals surface area contributed by atoms with Crippen molar-refractivity contribution < 1.29 is 13.9 Å². The van der Waals surface area contributed by atoms with Crippen LogP contribution in [-0.2, 0) is 4.79 Å². The number of halogens is 1. The molecule has 2 aromatic rings. The summed E-state index contributed by atoms with van der Waals surface area (Å²) in [5, 5.41) is 2.78. The third kappa shape index (κ3) is 4.34. The third-order valence-electron chi connectivity index (χ3n) is 5.24. The maximum atomic E-state index is 13.4. The fraction of sp³-hybridized carbons (Fsp3) is 0.364. The van der Waals surface area contributed by atoms with Crippen LogP contribution in [-0.4, -0.2) is 27.5 Å².